The maximum atomic E-state index is 13.1. The average Bonchev–Trinajstić information content (AvgIpc) is 2.84. The first-order valence-corrected chi connectivity index (χ1v) is 10.5. The van der Waals surface area contributed by atoms with Crippen LogP contribution >= 0.6 is 0 Å². The van der Waals surface area contributed by atoms with E-state index in [-0.39, 0.29) is 11.8 Å². The van der Waals surface area contributed by atoms with Crippen LogP contribution in [-0.4, -0.2) is 46.8 Å². The van der Waals surface area contributed by atoms with Gasteiger partial charge in [-0.2, -0.15) is 0 Å². The van der Waals surface area contributed by atoms with Crippen molar-refractivity contribution in [3.05, 3.63) is 84.4 Å². The van der Waals surface area contributed by atoms with Gasteiger partial charge in [0.25, 0.3) is 5.91 Å². The fourth-order valence-electron chi connectivity index (χ4n) is 4.44. The lowest BCUT2D eigenvalue weighted by atomic mass is 9.74. The van der Waals surface area contributed by atoms with Gasteiger partial charge in [0.2, 0.25) is 5.91 Å². The molecule has 2 amide bonds. The second kappa shape index (κ2) is 9.08. The van der Waals surface area contributed by atoms with E-state index in [4.69, 9.17) is 0 Å². The number of piperidine rings is 1. The fourth-order valence-corrected chi connectivity index (χ4v) is 4.44. The molecule has 6 nitrogen and oxygen atoms in total. The third-order valence-corrected chi connectivity index (χ3v) is 5.95. The number of carbonyl (C=O) groups excluding carboxylic acids is 2. The van der Waals surface area contributed by atoms with Crippen LogP contribution in [0.4, 0.5) is 0 Å². The molecule has 0 spiro atoms. The summed E-state index contributed by atoms with van der Waals surface area (Å²) >= 11 is 0. The molecular weight excluding hydrogens is 388 g/mol. The number of pyridine rings is 2. The van der Waals surface area contributed by atoms with Crippen molar-refractivity contribution in [3.8, 4) is 11.1 Å². The summed E-state index contributed by atoms with van der Waals surface area (Å²) in [4.78, 5) is 36.2. The van der Waals surface area contributed by atoms with Crippen molar-refractivity contribution in [2.45, 2.75) is 19.3 Å². The minimum atomic E-state index is -0.668. The summed E-state index contributed by atoms with van der Waals surface area (Å²) in [6.07, 6.45) is 8.90. The summed E-state index contributed by atoms with van der Waals surface area (Å²) in [6.45, 7) is 1.03. The van der Waals surface area contributed by atoms with E-state index < -0.39 is 5.41 Å². The highest BCUT2D eigenvalue weighted by Crippen LogP contribution is 2.35. The van der Waals surface area contributed by atoms with Gasteiger partial charge >= 0.3 is 0 Å². The van der Waals surface area contributed by atoms with Crippen molar-refractivity contribution in [2.75, 3.05) is 20.1 Å². The maximum absolute atomic E-state index is 13.1. The molecule has 0 bridgehead atoms. The molecule has 1 atom stereocenters. The molecule has 1 N–H and O–H groups in total. The lowest BCUT2D eigenvalue weighted by molar-refractivity contribution is -0.133. The molecule has 1 aliphatic heterocycles. The molecule has 1 aliphatic rings. The summed E-state index contributed by atoms with van der Waals surface area (Å²) in [7, 11) is 1.66. The molecule has 31 heavy (non-hydrogen) atoms. The van der Waals surface area contributed by atoms with Crippen LogP contribution < -0.4 is 5.32 Å². The van der Waals surface area contributed by atoms with Gasteiger partial charge in [0.05, 0.1) is 11.0 Å². The van der Waals surface area contributed by atoms with Crippen LogP contribution in [0.25, 0.3) is 11.1 Å². The van der Waals surface area contributed by atoms with Gasteiger partial charge in [0.15, 0.2) is 0 Å². The van der Waals surface area contributed by atoms with Gasteiger partial charge in [-0.3, -0.25) is 19.6 Å². The summed E-state index contributed by atoms with van der Waals surface area (Å²) < 4.78 is 0. The topological polar surface area (TPSA) is 75.2 Å². The van der Waals surface area contributed by atoms with Crippen LogP contribution in [0.1, 0.15) is 28.8 Å². The van der Waals surface area contributed by atoms with Gasteiger partial charge in [-0.05, 0) is 54.2 Å². The summed E-state index contributed by atoms with van der Waals surface area (Å²) in [5.41, 5.74) is 3.06. The second-order valence-corrected chi connectivity index (χ2v) is 8.05. The molecule has 3 heterocycles. The van der Waals surface area contributed by atoms with Crippen molar-refractivity contribution in [1.82, 2.24) is 20.2 Å². The van der Waals surface area contributed by atoms with Crippen LogP contribution in [0.2, 0.25) is 0 Å². The van der Waals surface area contributed by atoms with E-state index in [0.717, 1.165) is 29.5 Å². The van der Waals surface area contributed by atoms with Crippen molar-refractivity contribution < 1.29 is 9.59 Å². The Labute approximate surface area is 182 Å². The Kier molecular flexibility index (Phi) is 6.07. The Balaban J connectivity index is 1.61. The lowest BCUT2D eigenvalue weighted by Gasteiger charge is -2.41. The Morgan fingerprint density at radius 1 is 1.03 bits per heavy atom. The SMILES string of the molecule is CNC(=O)[C@]1(Cc2cccc(-c3cccnc3)c2)CCCN(C(=O)c2cccnc2)C1. The van der Waals surface area contributed by atoms with Crippen LogP contribution in [0.5, 0.6) is 0 Å². The molecular formula is C25H26N4O2. The zero-order valence-corrected chi connectivity index (χ0v) is 17.6. The van der Waals surface area contributed by atoms with Crippen molar-refractivity contribution in [3.63, 3.8) is 0 Å². The van der Waals surface area contributed by atoms with E-state index >= 15 is 0 Å². The predicted molar refractivity (Wildman–Crippen MR) is 119 cm³/mol. The third-order valence-electron chi connectivity index (χ3n) is 5.95. The first kappa shape index (κ1) is 20.7. The van der Waals surface area contributed by atoms with Crippen molar-refractivity contribution in [1.29, 1.82) is 0 Å². The second-order valence-electron chi connectivity index (χ2n) is 8.05. The molecule has 6 heteroatoms. The quantitative estimate of drug-likeness (QED) is 0.695. The average molecular weight is 415 g/mol. The molecule has 1 saturated heterocycles. The minimum absolute atomic E-state index is 0.0250. The normalized spacial score (nSPS) is 18.4. The van der Waals surface area contributed by atoms with Gasteiger partial charge < -0.3 is 10.2 Å². The highest BCUT2D eigenvalue weighted by Gasteiger charge is 2.43. The number of hydrogen-bond acceptors (Lipinski definition) is 4. The fraction of sp³-hybridized carbons (Fsp3) is 0.280. The lowest BCUT2D eigenvalue weighted by Crippen LogP contribution is -2.54. The van der Waals surface area contributed by atoms with E-state index in [2.05, 4.69) is 21.4 Å². The summed E-state index contributed by atoms with van der Waals surface area (Å²) in [5, 5.41) is 2.84. The number of hydrogen-bond donors (Lipinski definition) is 1. The zero-order valence-electron chi connectivity index (χ0n) is 17.6. The molecule has 0 aliphatic carbocycles. The monoisotopic (exact) mass is 414 g/mol. The first-order valence-electron chi connectivity index (χ1n) is 10.5. The molecule has 3 aromatic rings. The van der Waals surface area contributed by atoms with E-state index in [1.807, 2.05) is 36.5 Å². The Morgan fingerprint density at radius 2 is 1.81 bits per heavy atom. The number of aromatic nitrogens is 2. The Hall–Kier alpha value is -3.54. The number of nitrogens with one attached hydrogen (secondary N) is 1. The smallest absolute Gasteiger partial charge is 0.255 e. The predicted octanol–water partition coefficient (Wildman–Crippen LogP) is 3.35. The highest BCUT2D eigenvalue weighted by molar-refractivity contribution is 5.94. The van der Waals surface area contributed by atoms with Crippen LogP contribution in [0, 0.1) is 5.41 Å². The van der Waals surface area contributed by atoms with Gasteiger partial charge in [0.1, 0.15) is 0 Å². The maximum Gasteiger partial charge on any atom is 0.255 e. The number of benzene rings is 1. The highest BCUT2D eigenvalue weighted by atomic mass is 16.2. The van der Waals surface area contributed by atoms with E-state index in [9.17, 15) is 9.59 Å². The zero-order chi connectivity index (χ0) is 21.7. The number of rotatable bonds is 5. The van der Waals surface area contributed by atoms with Gasteiger partial charge in [-0.1, -0.05) is 30.3 Å². The molecule has 1 fully saturated rings. The first-order chi connectivity index (χ1) is 15.1. The molecule has 158 valence electrons. The van der Waals surface area contributed by atoms with Crippen LogP contribution in [0.3, 0.4) is 0 Å². The molecule has 1 aromatic carbocycles. The van der Waals surface area contributed by atoms with Gasteiger partial charge in [-0.15, -0.1) is 0 Å². The molecule has 2 aromatic heterocycles. The van der Waals surface area contributed by atoms with Gasteiger partial charge in [-0.25, -0.2) is 0 Å². The van der Waals surface area contributed by atoms with E-state index in [1.54, 1.807) is 42.7 Å². The summed E-state index contributed by atoms with van der Waals surface area (Å²) in [5.74, 6) is -0.104. The number of carbonyl (C=O) groups is 2. The third kappa shape index (κ3) is 4.48. The van der Waals surface area contributed by atoms with Crippen LogP contribution in [-0.2, 0) is 11.2 Å². The molecule has 0 radical (unpaired) electrons. The van der Waals surface area contributed by atoms with Crippen molar-refractivity contribution in [2.24, 2.45) is 5.41 Å². The number of likely N-dealkylation sites (tertiary alicyclic amines) is 1. The molecule has 4 rings (SSSR count). The van der Waals surface area contributed by atoms with Crippen LogP contribution in [0.15, 0.2) is 73.3 Å². The number of amides is 2. The molecule has 0 unspecified atom stereocenters. The van der Waals surface area contributed by atoms with E-state index in [0.29, 0.717) is 25.1 Å². The van der Waals surface area contributed by atoms with Crippen molar-refractivity contribution >= 4 is 11.8 Å². The standard InChI is InChI=1S/C25H26N4O2/c1-26-24(31)25(10-5-13-29(18-25)23(30)22-9-4-12-28-17-22)15-19-6-2-7-20(14-19)21-8-3-11-27-16-21/h2-4,6-9,11-12,14,16-17H,5,10,13,15,18H2,1H3,(H,26,31)/t25-/m0/s1. The Morgan fingerprint density at radius 3 is 2.52 bits per heavy atom. The molecule has 0 saturated carbocycles. The minimum Gasteiger partial charge on any atom is -0.359 e. The van der Waals surface area contributed by atoms with E-state index in [1.165, 1.54) is 0 Å². The summed E-state index contributed by atoms with van der Waals surface area (Å²) in [6, 6.07) is 15.7. The number of nitrogens with zero attached hydrogens (tertiary/aromatic N) is 3. The van der Waals surface area contributed by atoms with Gasteiger partial charge in [0, 0.05) is 44.9 Å². The Bertz CT molecular complexity index is 1060. The largest absolute Gasteiger partial charge is 0.359 e.